The number of hydrogen-bond donors (Lipinski definition) is 5. The molecule has 12 nitrogen and oxygen atoms in total. The van der Waals surface area contributed by atoms with Crippen molar-refractivity contribution >= 4 is 36.2 Å². The first kappa shape index (κ1) is 20.3. The molecule has 1 aliphatic carbocycles. The Morgan fingerprint density at radius 2 is 2.14 bits per heavy atom. The molecule has 0 spiro atoms. The third kappa shape index (κ3) is 4.18. The lowest BCUT2D eigenvalue weighted by Gasteiger charge is -2.26. The minimum atomic E-state index is -4.39. The van der Waals surface area contributed by atoms with E-state index in [1.165, 1.54) is 10.9 Å². The zero-order chi connectivity index (χ0) is 20.8. The number of hydrogen-bond acceptors (Lipinski definition) is 9. The normalized spacial score (nSPS) is 26.5. The molecule has 1 aliphatic heterocycles. The Bertz CT molecular complexity index is 991. The molecule has 29 heavy (non-hydrogen) atoms. The van der Waals surface area contributed by atoms with Gasteiger partial charge in [0.05, 0.1) is 0 Å². The first-order valence-electron chi connectivity index (χ1n) is 8.78. The number of ether oxygens (including phenoxy) is 2. The van der Waals surface area contributed by atoms with Gasteiger partial charge in [0.15, 0.2) is 29.1 Å². The van der Waals surface area contributed by atoms with Crippen molar-refractivity contribution in [2.75, 3.05) is 11.7 Å². The average Bonchev–Trinajstić information content (AvgIpc) is 3.13. The molecule has 0 bridgehead atoms. The van der Waals surface area contributed by atoms with Gasteiger partial charge < -0.3 is 34.8 Å². The minimum absolute atomic E-state index is 0.0187. The minimum Gasteiger partial charge on any atom is -0.485 e. The van der Waals surface area contributed by atoms with Crippen LogP contribution in [-0.2, 0) is 14.0 Å². The van der Waals surface area contributed by atoms with Gasteiger partial charge in [-0.25, -0.2) is 4.98 Å². The van der Waals surface area contributed by atoms with Crippen LogP contribution in [0.2, 0.25) is 5.28 Å². The van der Waals surface area contributed by atoms with Crippen LogP contribution in [0.3, 0.4) is 0 Å². The summed E-state index contributed by atoms with van der Waals surface area (Å²) >= 11 is 6.05. The van der Waals surface area contributed by atoms with E-state index in [9.17, 15) is 14.8 Å². The lowest BCUT2D eigenvalue weighted by molar-refractivity contribution is -0.0122. The van der Waals surface area contributed by atoms with Crippen LogP contribution in [0.4, 0.5) is 5.82 Å². The lowest BCUT2D eigenvalue weighted by atomic mass is 9.93. The molecule has 5 N–H and O–H groups in total. The Morgan fingerprint density at radius 1 is 1.38 bits per heavy atom. The molecule has 0 amide bonds. The van der Waals surface area contributed by atoms with E-state index in [0.717, 1.165) is 25.5 Å². The van der Waals surface area contributed by atoms with Crippen molar-refractivity contribution in [1.29, 1.82) is 0 Å². The summed E-state index contributed by atoms with van der Waals surface area (Å²) in [5, 5.41) is 23.8. The molecular weight excluding hydrogens is 429 g/mol. The molecule has 0 aromatic carbocycles. The summed E-state index contributed by atoms with van der Waals surface area (Å²) in [5.74, 6) is 0.281. The second kappa shape index (κ2) is 7.71. The predicted octanol–water partition coefficient (Wildman–Crippen LogP) is 0.688. The van der Waals surface area contributed by atoms with E-state index in [2.05, 4.69) is 20.3 Å². The molecule has 1 saturated heterocycles. The maximum Gasteiger partial charge on any atom is 0.362 e. The Morgan fingerprint density at radius 3 is 2.79 bits per heavy atom. The lowest BCUT2D eigenvalue weighted by Crippen LogP contribution is -2.28. The van der Waals surface area contributed by atoms with Crippen molar-refractivity contribution in [1.82, 2.24) is 19.5 Å². The van der Waals surface area contributed by atoms with Gasteiger partial charge in [-0.15, -0.1) is 0 Å². The first-order chi connectivity index (χ1) is 13.7. The Hall–Kier alpha value is -1.95. The van der Waals surface area contributed by atoms with E-state index in [-0.39, 0.29) is 17.1 Å². The van der Waals surface area contributed by atoms with Crippen LogP contribution in [0.5, 0.6) is 0 Å². The summed E-state index contributed by atoms with van der Waals surface area (Å²) in [6.07, 6.45) is 0.523. The SMILES string of the molecule is O=P(O)(O)COC=C1O[C@@H](n2cnc3c(NC4CCC4)nc(Cl)nc32)[C@H](O)[C@@H]1O. The highest BCUT2D eigenvalue weighted by Gasteiger charge is 2.42. The van der Waals surface area contributed by atoms with Crippen LogP contribution in [0.15, 0.2) is 18.3 Å². The number of fused-ring (bicyclic) bond motifs is 1. The molecule has 2 fully saturated rings. The fraction of sp³-hybridized carbons (Fsp3) is 0.533. The van der Waals surface area contributed by atoms with Crippen LogP contribution in [0.25, 0.3) is 11.2 Å². The third-order valence-electron chi connectivity index (χ3n) is 4.72. The molecule has 4 rings (SSSR count). The Labute approximate surface area is 169 Å². The van der Waals surface area contributed by atoms with Crippen LogP contribution in [0, 0.1) is 0 Å². The number of imidazole rings is 1. The zero-order valence-electron chi connectivity index (χ0n) is 14.9. The van der Waals surface area contributed by atoms with Gasteiger partial charge in [-0.2, -0.15) is 9.97 Å². The van der Waals surface area contributed by atoms with Crippen molar-refractivity contribution in [2.24, 2.45) is 0 Å². The predicted molar refractivity (Wildman–Crippen MR) is 99.8 cm³/mol. The maximum absolute atomic E-state index is 10.9. The monoisotopic (exact) mass is 447 g/mol. The molecule has 1 saturated carbocycles. The number of anilines is 1. The van der Waals surface area contributed by atoms with Gasteiger partial charge in [0.25, 0.3) is 0 Å². The van der Waals surface area contributed by atoms with Crippen molar-refractivity contribution in [3.8, 4) is 0 Å². The van der Waals surface area contributed by atoms with Gasteiger partial charge in [0.1, 0.15) is 24.8 Å². The number of halogens is 1. The van der Waals surface area contributed by atoms with Gasteiger partial charge in [0, 0.05) is 6.04 Å². The molecule has 2 aromatic rings. The fourth-order valence-corrected chi connectivity index (χ4v) is 3.49. The second-order valence-corrected chi connectivity index (χ2v) is 8.79. The first-order valence-corrected chi connectivity index (χ1v) is 11.0. The molecule has 3 atom stereocenters. The molecule has 2 aliphatic rings. The van der Waals surface area contributed by atoms with Crippen LogP contribution < -0.4 is 5.32 Å². The van der Waals surface area contributed by atoms with E-state index in [0.29, 0.717) is 17.0 Å². The molecule has 14 heteroatoms. The zero-order valence-corrected chi connectivity index (χ0v) is 16.6. The third-order valence-corrected chi connectivity index (χ3v) is 5.37. The molecular formula is C15H19ClN5O7P. The van der Waals surface area contributed by atoms with Crippen molar-refractivity contribution < 1.29 is 34.0 Å². The van der Waals surface area contributed by atoms with Crippen LogP contribution in [-0.4, -0.2) is 64.1 Å². The summed E-state index contributed by atoms with van der Waals surface area (Å²) in [6.45, 7) is 0. The summed E-state index contributed by atoms with van der Waals surface area (Å²) in [4.78, 5) is 30.3. The smallest absolute Gasteiger partial charge is 0.362 e. The van der Waals surface area contributed by atoms with E-state index in [1.54, 1.807) is 0 Å². The van der Waals surface area contributed by atoms with Gasteiger partial charge >= 0.3 is 7.60 Å². The average molecular weight is 448 g/mol. The number of rotatable bonds is 6. The summed E-state index contributed by atoms with van der Waals surface area (Å²) in [5.41, 5.74) is 0.724. The van der Waals surface area contributed by atoms with Crippen molar-refractivity contribution in [2.45, 2.75) is 43.7 Å². The van der Waals surface area contributed by atoms with Gasteiger partial charge in [0.2, 0.25) is 11.5 Å². The summed E-state index contributed by atoms with van der Waals surface area (Å²) < 4.78 is 22.5. The highest BCUT2D eigenvalue weighted by Crippen LogP contribution is 2.37. The van der Waals surface area contributed by atoms with Crippen LogP contribution >= 0.6 is 19.2 Å². The Balaban J connectivity index is 1.60. The highest BCUT2D eigenvalue weighted by atomic mass is 35.5. The number of aliphatic hydroxyl groups is 2. The van der Waals surface area contributed by atoms with E-state index in [1.807, 2.05) is 0 Å². The molecule has 0 radical (unpaired) electrons. The van der Waals surface area contributed by atoms with E-state index < -0.39 is 32.4 Å². The number of aliphatic hydroxyl groups excluding tert-OH is 2. The van der Waals surface area contributed by atoms with Gasteiger partial charge in [-0.1, -0.05) is 0 Å². The summed E-state index contributed by atoms with van der Waals surface area (Å²) in [6, 6.07) is 0.283. The number of aromatic nitrogens is 4. The van der Waals surface area contributed by atoms with Gasteiger partial charge in [-0.05, 0) is 30.9 Å². The van der Waals surface area contributed by atoms with E-state index in [4.69, 9.17) is 30.9 Å². The van der Waals surface area contributed by atoms with Crippen molar-refractivity contribution in [3.05, 3.63) is 23.6 Å². The second-order valence-electron chi connectivity index (χ2n) is 6.86. The highest BCUT2D eigenvalue weighted by molar-refractivity contribution is 7.51. The summed E-state index contributed by atoms with van der Waals surface area (Å²) in [7, 11) is -4.39. The van der Waals surface area contributed by atoms with Crippen LogP contribution in [0.1, 0.15) is 25.5 Å². The quantitative estimate of drug-likeness (QED) is 0.239. The van der Waals surface area contributed by atoms with E-state index >= 15 is 0 Å². The Kier molecular flexibility index (Phi) is 5.40. The molecule has 2 aromatic heterocycles. The molecule has 3 heterocycles. The topological polar surface area (TPSA) is 172 Å². The molecule has 158 valence electrons. The molecule has 0 unspecified atom stereocenters. The van der Waals surface area contributed by atoms with Crippen molar-refractivity contribution in [3.63, 3.8) is 0 Å². The number of nitrogens with one attached hydrogen (secondary N) is 1. The largest absolute Gasteiger partial charge is 0.485 e. The maximum atomic E-state index is 10.9. The fourth-order valence-electron chi connectivity index (χ4n) is 3.06. The number of nitrogens with zero attached hydrogens (tertiary/aromatic N) is 4. The van der Waals surface area contributed by atoms with Gasteiger partial charge in [-0.3, -0.25) is 9.13 Å². The standard InChI is InChI=1S/C15H19ClN5O7P/c16-15-19-12(18-7-2-1-3-7)9-13(20-15)21(5-17-9)14-11(23)10(22)8(28-14)4-27-6-29(24,25)26/h4-5,7,10-11,14,22-23H,1-3,6H2,(H,18,19,20)(H2,24,25,26)/t10-,11-,14-/m1/s1.